The van der Waals surface area contributed by atoms with Crippen LogP contribution in [0.15, 0.2) is 71.2 Å². The van der Waals surface area contributed by atoms with Crippen LogP contribution in [0.25, 0.3) is 0 Å². The van der Waals surface area contributed by atoms with E-state index in [1.165, 1.54) is 27.2 Å². The maximum absolute atomic E-state index is 13.7. The fourth-order valence-corrected chi connectivity index (χ4v) is 7.47. The molecule has 3 aromatic carbocycles. The number of aryl methyl sites for hydroxylation is 1. The van der Waals surface area contributed by atoms with Crippen LogP contribution in [0.2, 0.25) is 0 Å². The lowest BCUT2D eigenvalue weighted by Gasteiger charge is -2.45. The normalized spacial score (nSPS) is 21.5. The minimum atomic E-state index is -0.442. The highest BCUT2D eigenvalue weighted by atomic mass is 79.9. The molecule has 4 aliphatic rings. The van der Waals surface area contributed by atoms with Gasteiger partial charge in [-0.05, 0) is 65.3 Å². The number of esters is 1. The third-order valence-corrected chi connectivity index (χ3v) is 9.38. The van der Waals surface area contributed by atoms with Gasteiger partial charge in [-0.2, -0.15) is 0 Å². The van der Waals surface area contributed by atoms with Gasteiger partial charge in [0.25, 0.3) is 5.91 Å². The number of anilines is 1. The molecule has 7 rings (SSSR count). The first-order chi connectivity index (χ1) is 20.4. The van der Waals surface area contributed by atoms with Crippen LogP contribution >= 0.6 is 15.9 Å². The Morgan fingerprint density at radius 2 is 1.40 bits per heavy atom. The largest absolute Gasteiger partial charge is 0.456 e. The number of nitrogens with zero attached hydrogens (tertiary/aromatic N) is 1. The first-order valence-corrected chi connectivity index (χ1v) is 15.4. The molecule has 0 radical (unpaired) electrons. The fraction of sp³-hybridized carbons (Fsp3) is 0.353. The highest BCUT2D eigenvalue weighted by Gasteiger charge is 2.61. The molecule has 1 aliphatic heterocycles. The smallest absolute Gasteiger partial charge is 0.306 e. The Morgan fingerprint density at radius 3 is 1.95 bits per heavy atom. The van der Waals surface area contributed by atoms with Crippen LogP contribution in [0, 0.1) is 11.8 Å². The number of hydrogen-bond donors (Lipinski definition) is 1. The second-order valence-corrected chi connectivity index (χ2v) is 12.2. The van der Waals surface area contributed by atoms with Crippen molar-refractivity contribution in [2.75, 3.05) is 18.5 Å². The molecule has 3 aromatic rings. The number of carbonyl (C=O) groups is 4. The third-order valence-electron chi connectivity index (χ3n) is 8.89. The maximum Gasteiger partial charge on any atom is 0.306 e. The Kier molecular flexibility index (Phi) is 7.99. The van der Waals surface area contributed by atoms with Crippen LogP contribution in [-0.4, -0.2) is 41.7 Å². The fourth-order valence-electron chi connectivity index (χ4n) is 7.06. The van der Waals surface area contributed by atoms with E-state index in [0.29, 0.717) is 31.5 Å². The van der Waals surface area contributed by atoms with Crippen molar-refractivity contribution in [3.05, 3.63) is 99.0 Å². The topological polar surface area (TPSA) is 92.8 Å². The molecule has 0 unspecified atom stereocenters. The molecule has 3 aliphatic carbocycles. The number of halogens is 1. The van der Waals surface area contributed by atoms with E-state index in [1.54, 1.807) is 0 Å². The van der Waals surface area contributed by atoms with Crippen molar-refractivity contribution in [2.45, 2.75) is 50.9 Å². The van der Waals surface area contributed by atoms with Gasteiger partial charge in [0.2, 0.25) is 11.8 Å². The van der Waals surface area contributed by atoms with Crippen molar-refractivity contribution in [3.8, 4) is 0 Å². The third kappa shape index (κ3) is 5.06. The van der Waals surface area contributed by atoms with Gasteiger partial charge < -0.3 is 10.1 Å². The minimum absolute atomic E-state index is 0.0774. The quantitative estimate of drug-likeness (QED) is 0.170. The molecule has 0 saturated carbocycles. The van der Waals surface area contributed by atoms with E-state index < -0.39 is 5.97 Å². The molecule has 216 valence electrons. The molecule has 3 amide bonds. The van der Waals surface area contributed by atoms with E-state index in [4.69, 9.17) is 4.74 Å². The summed E-state index contributed by atoms with van der Waals surface area (Å²) in [5, 5.41) is 2.80. The summed E-state index contributed by atoms with van der Waals surface area (Å²) in [6.45, 7) is 2.01. The zero-order valence-electron chi connectivity index (χ0n) is 23.5. The lowest BCUT2D eigenvalue weighted by Crippen LogP contribution is -2.41. The average molecular weight is 630 g/mol. The van der Waals surface area contributed by atoms with Gasteiger partial charge in [-0.1, -0.05) is 77.8 Å². The standard InChI is InChI=1S/C34H33BrN2O5/c1-2-20-18-21(35)15-16-26(20)36-27(38)19-42-28(39)14-4-3-9-17-37-33(40)31-29-22-10-5-6-11-23(22)30(32(31)34(37)41)25-13-8-7-12-24(25)29/h5-8,10-13,15-16,18,29-32H,2-4,9,14,17,19H2,1H3,(H,36,38)/t29?,30?,31-,32-/m1/s1. The van der Waals surface area contributed by atoms with E-state index in [1.807, 2.05) is 49.4 Å². The summed E-state index contributed by atoms with van der Waals surface area (Å²) < 4.78 is 6.10. The second kappa shape index (κ2) is 11.8. The summed E-state index contributed by atoms with van der Waals surface area (Å²) in [5.41, 5.74) is 6.36. The highest BCUT2D eigenvalue weighted by molar-refractivity contribution is 9.10. The maximum atomic E-state index is 13.7. The van der Waals surface area contributed by atoms with Gasteiger partial charge in [0.1, 0.15) is 0 Å². The molecule has 0 aromatic heterocycles. The zero-order valence-corrected chi connectivity index (χ0v) is 25.1. The summed E-state index contributed by atoms with van der Waals surface area (Å²) >= 11 is 3.43. The Bertz CT molecular complexity index is 1450. The van der Waals surface area contributed by atoms with Crippen LogP contribution in [0.4, 0.5) is 5.69 Å². The summed E-state index contributed by atoms with van der Waals surface area (Å²) in [7, 11) is 0. The molecule has 0 spiro atoms. The van der Waals surface area contributed by atoms with Gasteiger partial charge in [0.05, 0.1) is 11.8 Å². The van der Waals surface area contributed by atoms with Crippen molar-refractivity contribution in [1.82, 2.24) is 4.90 Å². The second-order valence-electron chi connectivity index (χ2n) is 11.3. The highest BCUT2D eigenvalue weighted by Crippen LogP contribution is 2.60. The van der Waals surface area contributed by atoms with Crippen molar-refractivity contribution in [2.24, 2.45) is 11.8 Å². The number of nitrogens with one attached hydrogen (secondary N) is 1. The molecule has 8 heteroatoms. The Labute approximate surface area is 253 Å². The Morgan fingerprint density at radius 1 is 0.833 bits per heavy atom. The van der Waals surface area contributed by atoms with Crippen molar-refractivity contribution < 1.29 is 23.9 Å². The molecule has 2 bridgehead atoms. The summed E-state index contributed by atoms with van der Waals surface area (Å²) in [6.07, 6.45) is 2.77. The van der Waals surface area contributed by atoms with E-state index >= 15 is 0 Å². The van der Waals surface area contributed by atoms with Crippen LogP contribution < -0.4 is 5.32 Å². The molecule has 42 heavy (non-hydrogen) atoms. The number of rotatable bonds is 10. The molecule has 1 saturated heterocycles. The lowest BCUT2D eigenvalue weighted by atomic mass is 9.55. The SMILES string of the molecule is CCc1cc(Br)ccc1NC(=O)COC(=O)CCCCCN1C(=O)[C@@H]2C3c4ccccc4C(c4ccccc43)[C@H]2C1=O. The first kappa shape index (κ1) is 28.3. The molecule has 2 atom stereocenters. The first-order valence-electron chi connectivity index (χ1n) is 14.7. The predicted molar refractivity (Wildman–Crippen MR) is 162 cm³/mol. The molecule has 1 N–H and O–H groups in total. The number of benzene rings is 3. The van der Waals surface area contributed by atoms with Crippen LogP contribution in [0.5, 0.6) is 0 Å². The van der Waals surface area contributed by atoms with Gasteiger partial charge in [-0.25, -0.2) is 0 Å². The monoisotopic (exact) mass is 628 g/mol. The number of unbranched alkanes of at least 4 members (excludes halogenated alkanes) is 2. The minimum Gasteiger partial charge on any atom is -0.456 e. The van der Waals surface area contributed by atoms with Gasteiger partial charge in [0, 0.05) is 35.0 Å². The number of carbonyl (C=O) groups excluding carboxylic acids is 4. The van der Waals surface area contributed by atoms with E-state index in [0.717, 1.165) is 16.5 Å². The van der Waals surface area contributed by atoms with Gasteiger partial charge >= 0.3 is 5.97 Å². The molecule has 1 heterocycles. The van der Waals surface area contributed by atoms with Gasteiger partial charge in [0.15, 0.2) is 6.61 Å². The van der Waals surface area contributed by atoms with Crippen molar-refractivity contribution >= 4 is 45.3 Å². The zero-order chi connectivity index (χ0) is 29.4. The van der Waals surface area contributed by atoms with E-state index in [-0.39, 0.29) is 54.4 Å². The number of ether oxygens (including phenoxy) is 1. The van der Waals surface area contributed by atoms with Crippen molar-refractivity contribution in [3.63, 3.8) is 0 Å². The number of likely N-dealkylation sites (tertiary alicyclic amines) is 1. The molecular weight excluding hydrogens is 596 g/mol. The van der Waals surface area contributed by atoms with Gasteiger partial charge in [-0.15, -0.1) is 0 Å². The van der Waals surface area contributed by atoms with Crippen LogP contribution in [0.1, 0.15) is 72.3 Å². The number of amides is 3. The Balaban J connectivity index is 0.990. The molecule has 7 nitrogen and oxygen atoms in total. The molecule has 1 fully saturated rings. The molecular formula is C34H33BrN2O5. The van der Waals surface area contributed by atoms with Crippen molar-refractivity contribution in [1.29, 1.82) is 0 Å². The lowest BCUT2D eigenvalue weighted by molar-refractivity contribution is -0.147. The predicted octanol–water partition coefficient (Wildman–Crippen LogP) is 5.95. The number of imide groups is 1. The summed E-state index contributed by atoms with van der Waals surface area (Å²) in [4.78, 5) is 53.3. The Hall–Kier alpha value is -3.78. The average Bonchev–Trinajstić information content (AvgIpc) is 3.26. The van der Waals surface area contributed by atoms with Crippen LogP contribution in [0.3, 0.4) is 0 Å². The summed E-state index contributed by atoms with van der Waals surface area (Å²) in [5.74, 6) is -1.90. The number of hydrogen-bond acceptors (Lipinski definition) is 5. The van der Waals surface area contributed by atoms with Gasteiger partial charge in [-0.3, -0.25) is 24.1 Å². The van der Waals surface area contributed by atoms with E-state index in [2.05, 4.69) is 45.5 Å². The van der Waals surface area contributed by atoms with E-state index in [9.17, 15) is 19.2 Å². The summed E-state index contributed by atoms with van der Waals surface area (Å²) in [6, 6.07) is 22.1. The van der Waals surface area contributed by atoms with Crippen LogP contribution in [-0.2, 0) is 30.3 Å².